The number of methoxy groups -OCH3 is 3. The van der Waals surface area contributed by atoms with Gasteiger partial charge in [-0.1, -0.05) is 26.3 Å². The highest BCUT2D eigenvalue weighted by Crippen LogP contribution is 2.50. The van der Waals surface area contributed by atoms with Crippen molar-refractivity contribution >= 4 is 34.2 Å². The molecule has 1 heterocycles. The lowest BCUT2D eigenvalue weighted by Crippen LogP contribution is -2.40. The molecule has 0 spiro atoms. The fourth-order valence-corrected chi connectivity index (χ4v) is 6.50. The molecule has 48 heavy (non-hydrogen) atoms. The van der Waals surface area contributed by atoms with Gasteiger partial charge in [0.1, 0.15) is 6.04 Å². The van der Waals surface area contributed by atoms with Crippen LogP contribution in [0.2, 0.25) is 0 Å². The number of ether oxygens (including phenoxy) is 3. The van der Waals surface area contributed by atoms with Gasteiger partial charge in [0, 0.05) is 32.3 Å². The molecule has 0 aliphatic heterocycles. The molecule has 0 bridgehead atoms. The van der Waals surface area contributed by atoms with Crippen molar-refractivity contribution in [3.8, 4) is 28.4 Å². The first-order valence-corrected chi connectivity index (χ1v) is 15.9. The number of rotatable bonds is 10. The molecule has 12 nitrogen and oxygen atoms in total. The Morgan fingerprint density at radius 1 is 0.938 bits per heavy atom. The number of nitrogens with zero attached hydrogens (tertiary/aromatic N) is 2. The van der Waals surface area contributed by atoms with Gasteiger partial charge in [-0.05, 0) is 71.8 Å². The Balaban J connectivity index is 1.59. The molecule has 1 aromatic heterocycles. The summed E-state index contributed by atoms with van der Waals surface area (Å²) in [4.78, 5) is 52.5. The molecule has 2 amide bonds. The lowest BCUT2D eigenvalue weighted by molar-refractivity contribution is -0.120. The van der Waals surface area contributed by atoms with E-state index in [0.29, 0.717) is 58.8 Å². The standard InChI is InChI=1S/C36H43N5O7/c1-9-19(2)32(35(44)38-22-11-15-27-28(17-22)41(5)36(45)40(27)4)39-26-14-12-23-24(18-29(26)43)25(37-20(3)42)13-10-21-16-30(46-6)33(47-7)34(48-8)31(21)23/h11-12,14-19,25,32H,9-10,13H2,1-8H3,(H,37,42)(H,38,44)(H,39,43). The number of fused-ring (bicyclic) bond motifs is 4. The zero-order valence-electron chi connectivity index (χ0n) is 28.6. The topological polar surface area (TPSA) is 142 Å². The Labute approximate surface area is 279 Å². The molecule has 3 N–H and O–H groups in total. The van der Waals surface area contributed by atoms with Crippen LogP contribution in [-0.2, 0) is 30.1 Å². The van der Waals surface area contributed by atoms with Crippen LogP contribution in [0.3, 0.4) is 0 Å². The maximum atomic E-state index is 14.0. The van der Waals surface area contributed by atoms with Gasteiger partial charge in [-0.15, -0.1) is 0 Å². The zero-order chi connectivity index (χ0) is 34.9. The van der Waals surface area contributed by atoms with Crippen molar-refractivity contribution in [2.24, 2.45) is 20.0 Å². The maximum absolute atomic E-state index is 14.0. The summed E-state index contributed by atoms with van der Waals surface area (Å²) >= 11 is 0. The number of benzene rings is 2. The highest BCUT2D eigenvalue weighted by Gasteiger charge is 2.30. The van der Waals surface area contributed by atoms with E-state index in [1.54, 1.807) is 57.1 Å². The maximum Gasteiger partial charge on any atom is 0.328 e. The molecular formula is C36H43N5O7. The lowest BCUT2D eigenvalue weighted by Gasteiger charge is -2.24. The van der Waals surface area contributed by atoms with Gasteiger partial charge in [-0.2, -0.15) is 0 Å². The summed E-state index contributed by atoms with van der Waals surface area (Å²) < 4.78 is 20.3. The fourth-order valence-electron chi connectivity index (χ4n) is 6.50. The van der Waals surface area contributed by atoms with Crippen molar-refractivity contribution in [2.75, 3.05) is 32.0 Å². The number of nitrogens with one attached hydrogen (secondary N) is 3. The Hall–Kier alpha value is -5.26. The van der Waals surface area contributed by atoms with Crippen LogP contribution in [0.4, 0.5) is 11.4 Å². The molecule has 1 aliphatic rings. The average molecular weight is 658 g/mol. The Morgan fingerprint density at radius 3 is 2.29 bits per heavy atom. The molecule has 254 valence electrons. The van der Waals surface area contributed by atoms with Gasteiger partial charge in [0.15, 0.2) is 11.5 Å². The quantitative estimate of drug-likeness (QED) is 0.226. The van der Waals surface area contributed by atoms with E-state index in [9.17, 15) is 19.2 Å². The molecule has 0 radical (unpaired) electrons. The number of carbonyl (C=O) groups is 2. The number of anilines is 2. The monoisotopic (exact) mass is 657 g/mol. The van der Waals surface area contributed by atoms with Gasteiger partial charge in [0.05, 0.1) is 44.1 Å². The van der Waals surface area contributed by atoms with Crippen molar-refractivity contribution in [2.45, 2.75) is 52.1 Å². The molecule has 12 heteroatoms. The van der Waals surface area contributed by atoms with Gasteiger partial charge in [0.25, 0.3) is 0 Å². The number of aryl methyl sites for hydroxylation is 3. The third-order valence-corrected chi connectivity index (χ3v) is 9.26. The van der Waals surface area contributed by atoms with E-state index in [4.69, 9.17) is 14.2 Å². The number of imidazole rings is 1. The van der Waals surface area contributed by atoms with Crippen LogP contribution < -0.4 is 41.3 Å². The SMILES string of the molecule is CCC(C)C(Nc1ccc2c(cc1=O)C(NC(C)=O)CCc1cc(OC)c(OC)c(OC)c1-2)C(=O)Nc1ccc2c(c1)n(C)c(=O)n2C. The van der Waals surface area contributed by atoms with Crippen molar-refractivity contribution < 1.29 is 23.8 Å². The van der Waals surface area contributed by atoms with E-state index in [1.165, 1.54) is 24.7 Å². The average Bonchev–Trinajstić information content (AvgIpc) is 3.18. The van der Waals surface area contributed by atoms with Crippen LogP contribution in [0.5, 0.6) is 17.2 Å². The first-order valence-electron chi connectivity index (χ1n) is 15.9. The van der Waals surface area contributed by atoms with E-state index in [1.807, 2.05) is 26.0 Å². The van der Waals surface area contributed by atoms with Crippen LogP contribution in [0, 0.1) is 5.92 Å². The molecule has 4 aromatic rings. The Morgan fingerprint density at radius 2 is 1.65 bits per heavy atom. The van der Waals surface area contributed by atoms with Gasteiger partial charge in [-0.3, -0.25) is 23.5 Å². The second-order valence-electron chi connectivity index (χ2n) is 12.2. The van der Waals surface area contributed by atoms with Gasteiger partial charge in [-0.25, -0.2) is 4.79 Å². The number of aromatic nitrogens is 2. The molecule has 5 rings (SSSR count). The fraction of sp³-hybridized carbons (Fsp3) is 0.389. The minimum atomic E-state index is -0.766. The smallest absolute Gasteiger partial charge is 0.328 e. The normalized spacial score (nSPS) is 15.0. The van der Waals surface area contributed by atoms with Crippen molar-refractivity contribution in [3.05, 3.63) is 74.3 Å². The number of hydrogen-bond acceptors (Lipinski definition) is 8. The largest absolute Gasteiger partial charge is 0.493 e. The van der Waals surface area contributed by atoms with Crippen LogP contribution in [0.1, 0.15) is 50.8 Å². The molecule has 3 unspecified atom stereocenters. The third kappa shape index (κ3) is 6.22. The Kier molecular flexibility index (Phi) is 9.83. The highest BCUT2D eigenvalue weighted by molar-refractivity contribution is 5.98. The van der Waals surface area contributed by atoms with Crippen LogP contribution in [0.25, 0.3) is 22.2 Å². The van der Waals surface area contributed by atoms with Gasteiger partial charge in [0.2, 0.25) is 23.0 Å². The summed E-state index contributed by atoms with van der Waals surface area (Å²) in [5, 5.41) is 9.23. The van der Waals surface area contributed by atoms with Crippen molar-refractivity contribution in [3.63, 3.8) is 0 Å². The molecular weight excluding hydrogens is 614 g/mol. The number of amides is 2. The van der Waals surface area contributed by atoms with Crippen molar-refractivity contribution in [1.29, 1.82) is 0 Å². The van der Waals surface area contributed by atoms with E-state index in [2.05, 4.69) is 16.0 Å². The second-order valence-corrected chi connectivity index (χ2v) is 12.2. The second kappa shape index (κ2) is 13.8. The summed E-state index contributed by atoms with van der Waals surface area (Å²) in [6.07, 6.45) is 1.77. The van der Waals surface area contributed by atoms with Gasteiger partial charge < -0.3 is 30.2 Å². The third-order valence-electron chi connectivity index (χ3n) is 9.26. The van der Waals surface area contributed by atoms with Crippen LogP contribution in [0.15, 0.2) is 52.1 Å². The van der Waals surface area contributed by atoms with E-state index in [-0.39, 0.29) is 34.5 Å². The van der Waals surface area contributed by atoms with Gasteiger partial charge >= 0.3 is 5.69 Å². The molecule has 0 saturated heterocycles. The first kappa shape index (κ1) is 34.1. The Bertz CT molecular complexity index is 2020. The molecule has 0 fully saturated rings. The van der Waals surface area contributed by atoms with E-state index >= 15 is 0 Å². The lowest BCUT2D eigenvalue weighted by atomic mass is 9.95. The van der Waals surface area contributed by atoms with Crippen molar-refractivity contribution in [1.82, 2.24) is 14.5 Å². The predicted octanol–water partition coefficient (Wildman–Crippen LogP) is 4.52. The molecule has 0 saturated carbocycles. The van der Waals surface area contributed by atoms with E-state index in [0.717, 1.165) is 16.6 Å². The number of carbonyl (C=O) groups excluding carboxylic acids is 2. The zero-order valence-corrected chi connectivity index (χ0v) is 28.6. The highest BCUT2D eigenvalue weighted by atomic mass is 16.5. The van der Waals surface area contributed by atoms with Crippen LogP contribution >= 0.6 is 0 Å². The van der Waals surface area contributed by atoms with Crippen LogP contribution in [-0.4, -0.2) is 48.3 Å². The summed E-state index contributed by atoms with van der Waals surface area (Å²) in [5.74, 6) is 0.681. The summed E-state index contributed by atoms with van der Waals surface area (Å²) in [5.41, 5.74) is 4.66. The number of hydrogen-bond donors (Lipinski definition) is 3. The summed E-state index contributed by atoms with van der Waals surface area (Å²) in [6.45, 7) is 5.37. The molecule has 1 aliphatic carbocycles. The minimum Gasteiger partial charge on any atom is -0.493 e. The van der Waals surface area contributed by atoms with E-state index < -0.39 is 12.1 Å². The minimum absolute atomic E-state index is 0.151. The molecule has 3 aromatic carbocycles. The predicted molar refractivity (Wildman–Crippen MR) is 186 cm³/mol. The summed E-state index contributed by atoms with van der Waals surface area (Å²) in [7, 11) is 8.03. The summed E-state index contributed by atoms with van der Waals surface area (Å²) in [6, 6.07) is 11.0. The first-order chi connectivity index (χ1) is 22.9. The molecule has 3 atom stereocenters.